The fourth-order valence-electron chi connectivity index (χ4n) is 4.53. The number of aromatic nitrogens is 5. The Labute approximate surface area is 221 Å². The maximum absolute atomic E-state index is 9.52. The lowest BCUT2D eigenvalue weighted by atomic mass is 10.1. The normalized spacial score (nSPS) is 10.5. The molecular formula is C30H13N9. The van der Waals surface area contributed by atoms with Crippen molar-refractivity contribution in [3.63, 3.8) is 0 Å². The molecule has 0 aliphatic rings. The van der Waals surface area contributed by atoms with Crippen LogP contribution in [0.5, 0.6) is 0 Å². The minimum absolute atomic E-state index is 0.330. The first-order valence-corrected chi connectivity index (χ1v) is 11.6. The van der Waals surface area contributed by atoms with E-state index >= 15 is 0 Å². The summed E-state index contributed by atoms with van der Waals surface area (Å²) in [7, 11) is 0. The third-order valence-corrected chi connectivity index (χ3v) is 6.32. The van der Waals surface area contributed by atoms with Crippen molar-refractivity contribution in [2.75, 3.05) is 0 Å². The number of nitrogens with zero attached hydrogens (tertiary/aromatic N) is 9. The fourth-order valence-corrected chi connectivity index (χ4v) is 4.53. The van der Waals surface area contributed by atoms with E-state index in [1.807, 2.05) is 59.2 Å². The molecule has 0 saturated carbocycles. The topological polar surface area (TPSA) is 152 Å². The molecule has 0 radical (unpaired) electrons. The Morgan fingerprint density at radius 3 is 1.49 bits per heavy atom. The highest BCUT2D eigenvalue weighted by molar-refractivity contribution is 6.10. The Bertz CT molecular complexity index is 2020. The van der Waals surface area contributed by atoms with Crippen LogP contribution in [0.4, 0.5) is 0 Å². The van der Waals surface area contributed by atoms with Crippen molar-refractivity contribution in [2.24, 2.45) is 0 Å². The van der Waals surface area contributed by atoms with Gasteiger partial charge in [0, 0.05) is 46.7 Å². The van der Waals surface area contributed by atoms with E-state index in [1.54, 1.807) is 12.1 Å². The highest BCUT2D eigenvalue weighted by atomic mass is 15.0. The molecular weight excluding hydrogens is 486 g/mol. The van der Waals surface area contributed by atoms with E-state index in [0.717, 1.165) is 27.5 Å². The third kappa shape index (κ3) is 3.86. The lowest BCUT2D eigenvalue weighted by Gasteiger charge is -2.14. The molecule has 0 spiro atoms. The van der Waals surface area contributed by atoms with Crippen molar-refractivity contribution < 1.29 is 0 Å². The van der Waals surface area contributed by atoms with Gasteiger partial charge in [0.2, 0.25) is 0 Å². The number of hydrogen-bond acceptors (Lipinski definition) is 8. The molecule has 0 N–H and O–H groups in total. The van der Waals surface area contributed by atoms with Crippen molar-refractivity contribution in [3.8, 4) is 52.7 Å². The van der Waals surface area contributed by atoms with E-state index in [4.69, 9.17) is 5.26 Å². The zero-order chi connectivity index (χ0) is 26.9. The van der Waals surface area contributed by atoms with E-state index in [0.29, 0.717) is 45.0 Å². The summed E-state index contributed by atoms with van der Waals surface area (Å²) >= 11 is 0. The summed E-state index contributed by atoms with van der Waals surface area (Å²) in [6.45, 7) is 0. The summed E-state index contributed by atoms with van der Waals surface area (Å²) in [6.07, 6.45) is 5.84. The fraction of sp³-hybridized carbons (Fsp3) is 0. The Balaban J connectivity index is 1.67. The summed E-state index contributed by atoms with van der Waals surface area (Å²) < 4.78 is 2.04. The van der Waals surface area contributed by atoms with E-state index in [-0.39, 0.29) is 0 Å². The van der Waals surface area contributed by atoms with E-state index in [9.17, 15) is 15.8 Å². The van der Waals surface area contributed by atoms with Crippen LogP contribution in [0.2, 0.25) is 0 Å². The van der Waals surface area contributed by atoms with Crippen LogP contribution in [0.1, 0.15) is 22.3 Å². The molecule has 3 heterocycles. The minimum atomic E-state index is 0.330. The molecule has 0 aliphatic carbocycles. The SMILES string of the molecule is N#Cc1cnc(-c2ccc(-n3c4ccc(C#N)cc4c4cc(C#N)ccc43)c(-c3ncc(C#N)cn3)c2)nc1. The second-order valence-electron chi connectivity index (χ2n) is 8.57. The molecule has 0 aliphatic heterocycles. The number of rotatable bonds is 3. The molecule has 9 heteroatoms. The van der Waals surface area contributed by atoms with Gasteiger partial charge < -0.3 is 4.57 Å². The van der Waals surface area contributed by atoms with Gasteiger partial charge in [0.1, 0.15) is 12.1 Å². The molecule has 0 bridgehead atoms. The van der Waals surface area contributed by atoms with E-state index in [2.05, 4.69) is 32.1 Å². The highest BCUT2D eigenvalue weighted by Crippen LogP contribution is 2.37. The monoisotopic (exact) mass is 499 g/mol. The average molecular weight is 499 g/mol. The Morgan fingerprint density at radius 1 is 0.513 bits per heavy atom. The first-order valence-electron chi connectivity index (χ1n) is 11.6. The molecule has 3 aromatic carbocycles. The Kier molecular flexibility index (Phi) is 5.44. The van der Waals surface area contributed by atoms with Crippen LogP contribution in [0.3, 0.4) is 0 Å². The molecule has 0 atom stereocenters. The van der Waals surface area contributed by atoms with Gasteiger partial charge in [-0.15, -0.1) is 0 Å². The van der Waals surface area contributed by atoms with E-state index < -0.39 is 0 Å². The van der Waals surface area contributed by atoms with Gasteiger partial charge in [0.15, 0.2) is 11.6 Å². The average Bonchev–Trinajstić information content (AvgIpc) is 3.33. The molecule has 0 saturated heterocycles. The third-order valence-electron chi connectivity index (χ3n) is 6.32. The summed E-state index contributed by atoms with van der Waals surface area (Å²) in [5.41, 5.74) is 5.43. The van der Waals surface area contributed by atoms with Crippen LogP contribution in [0.25, 0.3) is 50.3 Å². The van der Waals surface area contributed by atoms with Crippen LogP contribution in [-0.2, 0) is 0 Å². The molecule has 3 aromatic heterocycles. The standard InChI is InChI=1S/C30H13N9/c31-10-18-1-4-26-23(7-18)24-8-19(11-32)2-5-27(24)39(26)28-6-3-22(29-35-14-20(12-33)15-36-29)9-25(28)30-37-16-21(13-34)17-38-30/h1-9,14-17H. The molecule has 6 rings (SSSR count). The smallest absolute Gasteiger partial charge is 0.161 e. The van der Waals surface area contributed by atoms with Crippen molar-refractivity contribution in [1.82, 2.24) is 24.5 Å². The van der Waals surface area contributed by atoms with Crippen LogP contribution in [-0.4, -0.2) is 24.5 Å². The van der Waals surface area contributed by atoms with Gasteiger partial charge >= 0.3 is 0 Å². The van der Waals surface area contributed by atoms with Gasteiger partial charge in [-0.05, 0) is 54.6 Å². The largest absolute Gasteiger partial charge is 0.308 e. The second kappa shape index (κ2) is 9.22. The van der Waals surface area contributed by atoms with Crippen LogP contribution >= 0.6 is 0 Å². The van der Waals surface area contributed by atoms with E-state index in [1.165, 1.54) is 24.8 Å². The lowest BCUT2D eigenvalue weighted by molar-refractivity contribution is 1.12. The predicted octanol–water partition coefficient (Wildman–Crippen LogP) is 5.18. The number of benzene rings is 3. The first-order chi connectivity index (χ1) is 19.1. The Hall–Kier alpha value is -6.42. The van der Waals surface area contributed by atoms with Gasteiger partial charge in [-0.1, -0.05) is 0 Å². The van der Waals surface area contributed by atoms with Crippen molar-refractivity contribution >= 4 is 21.8 Å². The summed E-state index contributed by atoms with van der Waals surface area (Å²) in [6, 6.07) is 24.9. The van der Waals surface area contributed by atoms with Crippen molar-refractivity contribution in [2.45, 2.75) is 0 Å². The van der Waals surface area contributed by atoms with Gasteiger partial charge in [0.05, 0.1) is 51.1 Å². The molecule has 178 valence electrons. The van der Waals surface area contributed by atoms with Crippen LogP contribution < -0.4 is 0 Å². The minimum Gasteiger partial charge on any atom is -0.308 e. The molecule has 0 fully saturated rings. The van der Waals surface area contributed by atoms with Gasteiger partial charge in [0.25, 0.3) is 0 Å². The zero-order valence-corrected chi connectivity index (χ0v) is 20.0. The lowest BCUT2D eigenvalue weighted by Crippen LogP contribution is -2.01. The maximum atomic E-state index is 9.52. The van der Waals surface area contributed by atoms with Crippen molar-refractivity contribution in [1.29, 1.82) is 21.0 Å². The second-order valence-corrected chi connectivity index (χ2v) is 8.57. The number of fused-ring (bicyclic) bond motifs is 3. The van der Waals surface area contributed by atoms with Crippen LogP contribution in [0.15, 0.2) is 79.4 Å². The van der Waals surface area contributed by atoms with Gasteiger partial charge in [-0.3, -0.25) is 0 Å². The molecule has 0 unspecified atom stereocenters. The number of nitriles is 4. The van der Waals surface area contributed by atoms with Crippen molar-refractivity contribution in [3.05, 3.63) is 102 Å². The first kappa shape index (κ1) is 23.0. The maximum Gasteiger partial charge on any atom is 0.161 e. The van der Waals surface area contributed by atoms with Gasteiger partial charge in [-0.2, -0.15) is 21.0 Å². The summed E-state index contributed by atoms with van der Waals surface area (Å²) in [5, 5.41) is 39.0. The number of hydrogen-bond donors (Lipinski definition) is 0. The highest BCUT2D eigenvalue weighted by Gasteiger charge is 2.19. The summed E-state index contributed by atoms with van der Waals surface area (Å²) in [4.78, 5) is 17.6. The van der Waals surface area contributed by atoms with Crippen LogP contribution in [0, 0.1) is 45.3 Å². The predicted molar refractivity (Wildman–Crippen MR) is 142 cm³/mol. The molecule has 9 nitrogen and oxygen atoms in total. The molecule has 0 amide bonds. The molecule has 6 aromatic rings. The zero-order valence-electron chi connectivity index (χ0n) is 20.0. The van der Waals surface area contributed by atoms with Gasteiger partial charge in [-0.25, -0.2) is 19.9 Å². The Morgan fingerprint density at radius 2 is 1.00 bits per heavy atom. The summed E-state index contributed by atoms with van der Waals surface area (Å²) in [5.74, 6) is 0.812. The molecule has 39 heavy (non-hydrogen) atoms. The quantitative estimate of drug-likeness (QED) is 0.323.